The highest BCUT2D eigenvalue weighted by Crippen LogP contribution is 2.14. The lowest BCUT2D eigenvalue weighted by molar-refractivity contribution is -0.149. The minimum atomic E-state index is -0.576. The normalized spacial score (nSPS) is 12.1. The Labute approximate surface area is 167 Å². The number of amides is 1. The minimum absolute atomic E-state index is 0.288. The Morgan fingerprint density at radius 1 is 0.778 bits per heavy atom. The van der Waals surface area contributed by atoms with E-state index in [1.807, 2.05) is 20.8 Å². The van der Waals surface area contributed by atoms with Crippen LogP contribution in [0.25, 0.3) is 0 Å². The lowest BCUT2D eigenvalue weighted by atomic mass is 10.0. The summed E-state index contributed by atoms with van der Waals surface area (Å²) in [6.45, 7) is 9.16. The maximum Gasteiger partial charge on any atom is 0.410 e. The molecule has 27 heavy (non-hydrogen) atoms. The number of likely N-dealkylation sites (N-methyl/N-ethyl adjacent to an activating group) is 1. The van der Waals surface area contributed by atoms with E-state index in [1.165, 1.54) is 43.4 Å². The molecular weight excluding hydrogens is 342 g/mol. The highest BCUT2D eigenvalue weighted by molar-refractivity contribution is 5.81. The van der Waals surface area contributed by atoms with Gasteiger partial charge in [0.05, 0.1) is 13.2 Å². The highest BCUT2D eigenvalue weighted by atomic mass is 16.6. The average molecular weight is 386 g/mol. The molecule has 0 spiro atoms. The van der Waals surface area contributed by atoms with Gasteiger partial charge in [0.15, 0.2) is 0 Å². The third kappa shape index (κ3) is 13.5. The summed E-state index contributed by atoms with van der Waals surface area (Å²) in [6, 6.07) is -0.576. The SMILES string of the molecule is CCCCCCCCCCOC(=O)C(CC(C)C)N(C)C(=O)OCCCC. The number of esters is 1. The van der Waals surface area contributed by atoms with Gasteiger partial charge in [0.25, 0.3) is 0 Å². The average Bonchev–Trinajstić information content (AvgIpc) is 2.64. The zero-order valence-electron chi connectivity index (χ0n) is 18.4. The van der Waals surface area contributed by atoms with Crippen LogP contribution in [0, 0.1) is 5.92 Å². The Morgan fingerprint density at radius 3 is 1.85 bits per heavy atom. The number of unbranched alkanes of at least 4 members (excludes halogenated alkanes) is 8. The molecule has 0 aromatic carbocycles. The molecule has 0 saturated carbocycles. The summed E-state index contributed by atoms with van der Waals surface area (Å²) in [5, 5.41) is 0. The predicted molar refractivity (Wildman–Crippen MR) is 111 cm³/mol. The Hall–Kier alpha value is -1.26. The molecule has 1 unspecified atom stereocenters. The number of carbonyl (C=O) groups excluding carboxylic acids is 2. The van der Waals surface area contributed by atoms with E-state index >= 15 is 0 Å². The number of rotatable bonds is 16. The summed E-state index contributed by atoms with van der Waals surface area (Å²) in [5.41, 5.74) is 0. The molecule has 0 saturated heterocycles. The molecule has 0 aliphatic heterocycles. The predicted octanol–water partition coefficient (Wildman–Crippen LogP) is 5.95. The van der Waals surface area contributed by atoms with Gasteiger partial charge in [-0.15, -0.1) is 0 Å². The first kappa shape index (κ1) is 25.7. The number of hydrogen-bond donors (Lipinski definition) is 0. The topological polar surface area (TPSA) is 55.8 Å². The second-order valence-electron chi connectivity index (χ2n) is 7.87. The first-order valence-corrected chi connectivity index (χ1v) is 11.0. The van der Waals surface area contributed by atoms with Crippen LogP contribution in [-0.2, 0) is 14.3 Å². The summed E-state index contributed by atoms with van der Waals surface area (Å²) in [7, 11) is 1.62. The molecule has 0 radical (unpaired) electrons. The lowest BCUT2D eigenvalue weighted by Crippen LogP contribution is -2.44. The second kappa shape index (κ2) is 16.9. The van der Waals surface area contributed by atoms with Crippen LogP contribution in [0.5, 0.6) is 0 Å². The molecule has 0 aliphatic rings. The van der Waals surface area contributed by atoms with Crippen molar-refractivity contribution in [3.05, 3.63) is 0 Å². The van der Waals surface area contributed by atoms with Gasteiger partial charge in [-0.2, -0.15) is 0 Å². The van der Waals surface area contributed by atoms with Crippen molar-refractivity contribution in [1.29, 1.82) is 0 Å². The van der Waals surface area contributed by atoms with Crippen molar-refractivity contribution >= 4 is 12.1 Å². The van der Waals surface area contributed by atoms with Crippen LogP contribution in [0.2, 0.25) is 0 Å². The van der Waals surface area contributed by atoms with Crippen LogP contribution in [0.1, 0.15) is 98.3 Å². The molecule has 160 valence electrons. The third-order valence-corrected chi connectivity index (χ3v) is 4.69. The van der Waals surface area contributed by atoms with E-state index in [9.17, 15) is 9.59 Å². The van der Waals surface area contributed by atoms with Gasteiger partial charge in [0.1, 0.15) is 6.04 Å². The molecule has 0 N–H and O–H groups in total. The Morgan fingerprint density at radius 2 is 1.30 bits per heavy atom. The van der Waals surface area contributed by atoms with Crippen LogP contribution in [-0.4, -0.2) is 43.3 Å². The fourth-order valence-corrected chi connectivity index (χ4v) is 2.90. The molecule has 1 atom stereocenters. The van der Waals surface area contributed by atoms with Gasteiger partial charge in [0.2, 0.25) is 0 Å². The third-order valence-electron chi connectivity index (χ3n) is 4.69. The van der Waals surface area contributed by atoms with Crippen molar-refractivity contribution < 1.29 is 19.1 Å². The molecule has 1 amide bonds. The summed E-state index contributed by atoms with van der Waals surface area (Å²) >= 11 is 0. The second-order valence-corrected chi connectivity index (χ2v) is 7.87. The molecule has 0 aromatic rings. The molecule has 0 bridgehead atoms. The van der Waals surface area contributed by atoms with Crippen molar-refractivity contribution in [2.45, 2.75) is 104 Å². The van der Waals surface area contributed by atoms with Crippen LogP contribution in [0.15, 0.2) is 0 Å². The Balaban J connectivity index is 4.20. The molecule has 0 fully saturated rings. The number of hydrogen-bond acceptors (Lipinski definition) is 4. The summed E-state index contributed by atoms with van der Waals surface area (Å²) < 4.78 is 10.7. The summed E-state index contributed by atoms with van der Waals surface area (Å²) in [5.74, 6) is -0.0295. The van der Waals surface area contributed by atoms with Gasteiger partial charge in [-0.3, -0.25) is 4.90 Å². The monoisotopic (exact) mass is 385 g/mol. The van der Waals surface area contributed by atoms with Crippen molar-refractivity contribution in [2.75, 3.05) is 20.3 Å². The molecular formula is C22H43NO4. The first-order valence-electron chi connectivity index (χ1n) is 11.0. The number of nitrogens with zero attached hydrogens (tertiary/aromatic N) is 1. The van der Waals surface area contributed by atoms with Gasteiger partial charge in [-0.25, -0.2) is 9.59 Å². The van der Waals surface area contributed by atoms with Gasteiger partial charge in [-0.1, -0.05) is 79.1 Å². The molecule has 0 aromatic heterocycles. The molecule has 5 nitrogen and oxygen atoms in total. The highest BCUT2D eigenvalue weighted by Gasteiger charge is 2.29. The lowest BCUT2D eigenvalue weighted by Gasteiger charge is -2.27. The molecule has 0 rings (SSSR count). The van der Waals surface area contributed by atoms with Crippen LogP contribution >= 0.6 is 0 Å². The smallest absolute Gasteiger partial charge is 0.410 e. The summed E-state index contributed by atoms with van der Waals surface area (Å²) in [4.78, 5) is 26.0. The largest absolute Gasteiger partial charge is 0.464 e. The van der Waals surface area contributed by atoms with E-state index in [2.05, 4.69) is 6.92 Å². The van der Waals surface area contributed by atoms with Crippen molar-refractivity contribution in [1.82, 2.24) is 4.90 Å². The quantitative estimate of drug-likeness (QED) is 0.243. The van der Waals surface area contributed by atoms with E-state index in [1.54, 1.807) is 7.05 Å². The summed E-state index contributed by atoms with van der Waals surface area (Å²) in [6.07, 6.45) is 11.6. The van der Waals surface area contributed by atoms with E-state index in [-0.39, 0.29) is 11.9 Å². The zero-order chi connectivity index (χ0) is 20.5. The van der Waals surface area contributed by atoms with E-state index in [0.717, 1.165) is 25.7 Å². The van der Waals surface area contributed by atoms with Crippen molar-refractivity contribution in [3.8, 4) is 0 Å². The standard InChI is InChI=1S/C22H43NO4/c1-6-8-10-11-12-13-14-15-17-26-21(24)20(18-19(3)4)23(5)22(25)27-16-9-7-2/h19-20H,6-18H2,1-5H3. The fourth-order valence-electron chi connectivity index (χ4n) is 2.90. The zero-order valence-corrected chi connectivity index (χ0v) is 18.4. The number of ether oxygens (including phenoxy) is 2. The van der Waals surface area contributed by atoms with Gasteiger partial charge < -0.3 is 9.47 Å². The Kier molecular flexibility index (Phi) is 16.1. The van der Waals surface area contributed by atoms with E-state index in [4.69, 9.17) is 9.47 Å². The van der Waals surface area contributed by atoms with Crippen LogP contribution < -0.4 is 0 Å². The Bertz CT molecular complexity index is 385. The maximum atomic E-state index is 12.5. The van der Waals surface area contributed by atoms with Crippen molar-refractivity contribution in [3.63, 3.8) is 0 Å². The van der Waals surface area contributed by atoms with E-state index < -0.39 is 12.1 Å². The van der Waals surface area contributed by atoms with Crippen LogP contribution in [0.4, 0.5) is 4.79 Å². The van der Waals surface area contributed by atoms with E-state index in [0.29, 0.717) is 19.6 Å². The molecule has 0 aliphatic carbocycles. The van der Waals surface area contributed by atoms with Gasteiger partial charge >= 0.3 is 12.1 Å². The fraction of sp³-hybridized carbons (Fsp3) is 0.909. The van der Waals surface area contributed by atoms with Gasteiger partial charge in [0, 0.05) is 7.05 Å². The van der Waals surface area contributed by atoms with Gasteiger partial charge in [-0.05, 0) is 25.2 Å². The van der Waals surface area contributed by atoms with Crippen LogP contribution in [0.3, 0.4) is 0 Å². The van der Waals surface area contributed by atoms with Crippen molar-refractivity contribution in [2.24, 2.45) is 5.92 Å². The first-order chi connectivity index (χ1) is 12.9. The number of carbonyl (C=O) groups is 2. The minimum Gasteiger partial charge on any atom is -0.464 e. The molecule has 0 heterocycles. The maximum absolute atomic E-state index is 12.5. The molecule has 5 heteroatoms.